The van der Waals surface area contributed by atoms with E-state index < -0.39 is 0 Å². The monoisotopic (exact) mass is 307 g/mol. The molecule has 22 heavy (non-hydrogen) atoms. The molecule has 0 atom stereocenters. The van der Waals surface area contributed by atoms with Crippen LogP contribution in [-0.2, 0) is 4.74 Å². The minimum atomic E-state index is -0.353. The quantitative estimate of drug-likeness (QED) is 0.864. The van der Waals surface area contributed by atoms with Crippen molar-refractivity contribution in [2.24, 2.45) is 5.92 Å². The number of amides is 1. The zero-order chi connectivity index (χ0) is 15.9. The van der Waals surface area contributed by atoms with Crippen LogP contribution in [-0.4, -0.2) is 49.9 Å². The summed E-state index contributed by atoms with van der Waals surface area (Å²) in [4.78, 5) is 21.8. The molecule has 2 N–H and O–H groups in total. The largest absolute Gasteiger partial charge is 0.453 e. The number of nitrogens with zero attached hydrogens (tertiary/aromatic N) is 3. The maximum atomic E-state index is 11.1. The Bertz CT molecular complexity index is 487. The molecule has 122 valence electrons. The molecule has 1 saturated carbocycles. The maximum Gasteiger partial charge on any atom is 0.406 e. The van der Waals surface area contributed by atoms with Gasteiger partial charge in [0.05, 0.1) is 7.11 Å². The van der Waals surface area contributed by atoms with Gasteiger partial charge in [0.1, 0.15) is 5.82 Å². The van der Waals surface area contributed by atoms with Gasteiger partial charge in [-0.05, 0) is 37.7 Å². The van der Waals surface area contributed by atoms with E-state index in [1.165, 1.54) is 7.11 Å². The number of anilines is 2. The molecule has 1 aromatic rings. The van der Waals surface area contributed by atoms with Crippen LogP contribution in [0.4, 0.5) is 16.6 Å². The lowest BCUT2D eigenvalue weighted by atomic mass is 9.86. The Hall–Kier alpha value is -2.05. The molecule has 0 bridgehead atoms. The van der Waals surface area contributed by atoms with Crippen LogP contribution in [0.15, 0.2) is 12.3 Å². The topological polar surface area (TPSA) is 79.4 Å². The Morgan fingerprint density at radius 1 is 1.36 bits per heavy atom. The van der Waals surface area contributed by atoms with E-state index in [0.29, 0.717) is 24.5 Å². The molecule has 0 spiro atoms. The molecule has 1 heterocycles. The van der Waals surface area contributed by atoms with E-state index in [4.69, 9.17) is 0 Å². The molecule has 1 amide bonds. The van der Waals surface area contributed by atoms with Crippen LogP contribution in [0.1, 0.15) is 25.7 Å². The number of methoxy groups -OCH3 is 1. The second-order valence-corrected chi connectivity index (χ2v) is 5.87. The number of carbonyl (C=O) groups is 1. The van der Waals surface area contributed by atoms with E-state index >= 15 is 0 Å². The van der Waals surface area contributed by atoms with Crippen LogP contribution in [0, 0.1) is 5.92 Å². The van der Waals surface area contributed by atoms with Crippen LogP contribution < -0.4 is 15.5 Å². The van der Waals surface area contributed by atoms with Crippen molar-refractivity contribution in [3.8, 4) is 0 Å². The zero-order valence-corrected chi connectivity index (χ0v) is 13.5. The first-order valence-corrected chi connectivity index (χ1v) is 7.67. The lowest BCUT2D eigenvalue weighted by Gasteiger charge is -2.29. The van der Waals surface area contributed by atoms with E-state index in [1.807, 2.05) is 25.1 Å². The third-order valence-electron chi connectivity index (χ3n) is 4.00. The third-order valence-corrected chi connectivity index (χ3v) is 4.00. The van der Waals surface area contributed by atoms with Crippen molar-refractivity contribution in [3.63, 3.8) is 0 Å². The number of rotatable bonds is 5. The van der Waals surface area contributed by atoms with Gasteiger partial charge in [-0.25, -0.2) is 9.78 Å². The molecule has 1 aliphatic rings. The zero-order valence-electron chi connectivity index (χ0n) is 13.5. The molecule has 0 aromatic carbocycles. The number of hydrogen-bond acceptors (Lipinski definition) is 6. The number of nitrogens with one attached hydrogen (secondary N) is 2. The highest BCUT2D eigenvalue weighted by molar-refractivity contribution is 5.66. The molecule has 2 rings (SSSR count). The maximum absolute atomic E-state index is 11.1. The number of carbonyl (C=O) groups excluding carboxylic acids is 1. The second kappa shape index (κ2) is 7.82. The van der Waals surface area contributed by atoms with E-state index in [0.717, 1.165) is 31.5 Å². The number of ether oxygens (including phenoxy) is 1. The van der Waals surface area contributed by atoms with Crippen LogP contribution in [0.5, 0.6) is 0 Å². The molecule has 7 heteroatoms. The van der Waals surface area contributed by atoms with Gasteiger partial charge in [0.2, 0.25) is 5.95 Å². The predicted molar refractivity (Wildman–Crippen MR) is 86.1 cm³/mol. The number of hydrogen-bond donors (Lipinski definition) is 2. The molecule has 1 aromatic heterocycles. The standard InChI is InChI=1S/C15H25N5O2/c1-20(2)13-8-9-16-14(19-13)18-12-6-4-11(5-7-12)10-17-15(21)22-3/h8-9,11-12H,4-7,10H2,1-3H3,(H,17,21)(H,16,18,19). The molecule has 7 nitrogen and oxygen atoms in total. The van der Waals surface area contributed by atoms with Crippen molar-refractivity contribution in [1.29, 1.82) is 0 Å². The minimum absolute atomic E-state index is 0.353. The van der Waals surface area contributed by atoms with Gasteiger partial charge in [-0.2, -0.15) is 4.98 Å². The lowest BCUT2D eigenvalue weighted by molar-refractivity contribution is 0.167. The normalized spacial score (nSPS) is 21.0. The number of alkyl carbamates (subject to hydrolysis) is 1. The fourth-order valence-corrected chi connectivity index (χ4v) is 2.66. The Morgan fingerprint density at radius 2 is 2.09 bits per heavy atom. The molecular weight excluding hydrogens is 282 g/mol. The summed E-state index contributed by atoms with van der Waals surface area (Å²) in [5, 5.41) is 6.19. The van der Waals surface area contributed by atoms with Crippen molar-refractivity contribution in [3.05, 3.63) is 12.3 Å². The van der Waals surface area contributed by atoms with Gasteiger partial charge in [0, 0.05) is 32.9 Å². The second-order valence-electron chi connectivity index (χ2n) is 5.87. The smallest absolute Gasteiger partial charge is 0.406 e. The van der Waals surface area contributed by atoms with Gasteiger partial charge < -0.3 is 20.3 Å². The average molecular weight is 307 g/mol. The third kappa shape index (κ3) is 4.75. The summed E-state index contributed by atoms with van der Waals surface area (Å²) < 4.78 is 4.59. The molecule has 0 aliphatic heterocycles. The van der Waals surface area contributed by atoms with Crippen molar-refractivity contribution in [2.45, 2.75) is 31.7 Å². The van der Waals surface area contributed by atoms with Gasteiger partial charge in [-0.1, -0.05) is 0 Å². The highest BCUT2D eigenvalue weighted by Gasteiger charge is 2.22. The van der Waals surface area contributed by atoms with Gasteiger partial charge in [0.15, 0.2) is 0 Å². The summed E-state index contributed by atoms with van der Waals surface area (Å²) in [6.45, 7) is 0.687. The van der Waals surface area contributed by atoms with Crippen LogP contribution in [0.25, 0.3) is 0 Å². The summed E-state index contributed by atoms with van der Waals surface area (Å²) in [7, 11) is 5.31. The molecular formula is C15H25N5O2. The number of aromatic nitrogens is 2. The molecule has 0 unspecified atom stereocenters. The Kier molecular flexibility index (Phi) is 5.80. The highest BCUT2D eigenvalue weighted by atomic mass is 16.5. The van der Waals surface area contributed by atoms with Crippen LogP contribution >= 0.6 is 0 Å². The molecule has 0 saturated heterocycles. The Labute approximate surface area is 131 Å². The van der Waals surface area contributed by atoms with Crippen molar-refractivity contribution >= 4 is 17.9 Å². The Morgan fingerprint density at radius 3 is 2.73 bits per heavy atom. The van der Waals surface area contributed by atoms with Crippen molar-refractivity contribution in [1.82, 2.24) is 15.3 Å². The van der Waals surface area contributed by atoms with E-state index in [2.05, 4.69) is 25.3 Å². The lowest BCUT2D eigenvalue weighted by Crippen LogP contribution is -2.34. The summed E-state index contributed by atoms with van der Waals surface area (Å²) >= 11 is 0. The fourth-order valence-electron chi connectivity index (χ4n) is 2.66. The van der Waals surface area contributed by atoms with Gasteiger partial charge in [-0.3, -0.25) is 0 Å². The molecule has 0 radical (unpaired) electrons. The first-order chi connectivity index (χ1) is 10.6. The Balaban J connectivity index is 1.77. The highest BCUT2D eigenvalue weighted by Crippen LogP contribution is 2.25. The summed E-state index contributed by atoms with van der Waals surface area (Å²) in [5.41, 5.74) is 0. The van der Waals surface area contributed by atoms with Gasteiger partial charge >= 0.3 is 6.09 Å². The van der Waals surface area contributed by atoms with Gasteiger partial charge in [-0.15, -0.1) is 0 Å². The van der Waals surface area contributed by atoms with E-state index in [-0.39, 0.29) is 6.09 Å². The fraction of sp³-hybridized carbons (Fsp3) is 0.667. The SMILES string of the molecule is COC(=O)NCC1CCC(Nc2nccc(N(C)C)n2)CC1. The van der Waals surface area contributed by atoms with Crippen molar-refractivity contribution in [2.75, 3.05) is 38.0 Å². The van der Waals surface area contributed by atoms with Crippen LogP contribution in [0.3, 0.4) is 0 Å². The minimum Gasteiger partial charge on any atom is -0.453 e. The predicted octanol–water partition coefficient (Wildman–Crippen LogP) is 1.87. The average Bonchev–Trinajstić information content (AvgIpc) is 2.54. The van der Waals surface area contributed by atoms with Crippen LogP contribution in [0.2, 0.25) is 0 Å². The van der Waals surface area contributed by atoms with E-state index in [1.54, 1.807) is 6.20 Å². The molecule has 1 aliphatic carbocycles. The first-order valence-electron chi connectivity index (χ1n) is 7.67. The summed E-state index contributed by atoms with van der Waals surface area (Å²) in [6, 6.07) is 2.28. The van der Waals surface area contributed by atoms with Crippen molar-refractivity contribution < 1.29 is 9.53 Å². The summed E-state index contributed by atoms with van der Waals surface area (Å²) in [6.07, 6.45) is 5.70. The van der Waals surface area contributed by atoms with Gasteiger partial charge in [0.25, 0.3) is 0 Å². The summed E-state index contributed by atoms with van der Waals surface area (Å²) in [5.74, 6) is 2.10. The van der Waals surface area contributed by atoms with E-state index in [9.17, 15) is 4.79 Å². The first kappa shape index (κ1) is 16.3. The molecule has 1 fully saturated rings.